The summed E-state index contributed by atoms with van der Waals surface area (Å²) in [5.41, 5.74) is 0. The van der Waals surface area contributed by atoms with Crippen LogP contribution in [0, 0.1) is 4.91 Å². The summed E-state index contributed by atoms with van der Waals surface area (Å²) in [5.74, 6) is 0.739. The van der Waals surface area contributed by atoms with Gasteiger partial charge in [-0.3, -0.25) is 4.90 Å². The molecule has 1 aliphatic heterocycles. The van der Waals surface area contributed by atoms with Crippen molar-refractivity contribution in [2.24, 2.45) is 5.18 Å². The van der Waals surface area contributed by atoms with Crippen molar-refractivity contribution in [3.63, 3.8) is 0 Å². The second kappa shape index (κ2) is 5.72. The Morgan fingerprint density at radius 1 is 1.38 bits per heavy atom. The van der Waals surface area contributed by atoms with Gasteiger partial charge in [-0.1, -0.05) is 5.18 Å². The number of rotatable bonds is 5. The van der Waals surface area contributed by atoms with Gasteiger partial charge in [0.15, 0.2) is 0 Å². The Balaban J connectivity index is 1.83. The first-order chi connectivity index (χ1) is 7.90. The highest BCUT2D eigenvalue weighted by Crippen LogP contribution is 2.02. The van der Waals surface area contributed by atoms with Crippen molar-refractivity contribution in [3.8, 4) is 0 Å². The maximum atomic E-state index is 10.2. The summed E-state index contributed by atoms with van der Waals surface area (Å²) in [5, 5.41) is 2.87. The minimum Gasteiger partial charge on any atom is -0.379 e. The molecule has 0 N–H and O–H groups in total. The maximum absolute atomic E-state index is 10.2. The number of aromatic nitrogens is 2. The zero-order valence-corrected chi connectivity index (χ0v) is 9.21. The van der Waals surface area contributed by atoms with Gasteiger partial charge in [0.2, 0.25) is 0 Å². The topological polar surface area (TPSA) is 59.7 Å². The number of morpholine rings is 1. The van der Waals surface area contributed by atoms with E-state index in [-0.39, 0.29) is 6.54 Å². The summed E-state index contributed by atoms with van der Waals surface area (Å²) in [6.07, 6.45) is 3.60. The minimum absolute atomic E-state index is 0.149. The molecule has 1 saturated heterocycles. The van der Waals surface area contributed by atoms with Gasteiger partial charge in [0, 0.05) is 38.6 Å². The Morgan fingerprint density at radius 2 is 2.19 bits per heavy atom. The molecular weight excluding hydrogens is 208 g/mol. The Labute approximate surface area is 94.2 Å². The summed E-state index contributed by atoms with van der Waals surface area (Å²) in [7, 11) is 0. The molecule has 2 rings (SSSR count). The molecule has 1 aliphatic rings. The molecule has 88 valence electrons. The van der Waals surface area contributed by atoms with Crippen molar-refractivity contribution in [1.29, 1.82) is 0 Å². The van der Waals surface area contributed by atoms with Gasteiger partial charge >= 0.3 is 0 Å². The fraction of sp³-hybridized carbons (Fsp3) is 0.700. The van der Waals surface area contributed by atoms with Gasteiger partial charge in [-0.15, -0.1) is 0 Å². The standard InChI is InChI=1S/C10H16N4O2/c15-12-9-10-11-1-2-14(10)4-3-13-5-7-16-8-6-13/h1-2H,3-9H2. The number of hydrogen-bond acceptors (Lipinski definition) is 5. The number of imidazole rings is 1. The van der Waals surface area contributed by atoms with E-state index in [9.17, 15) is 4.91 Å². The van der Waals surface area contributed by atoms with Gasteiger partial charge in [0.1, 0.15) is 12.4 Å². The van der Waals surface area contributed by atoms with Gasteiger partial charge in [0.05, 0.1) is 13.2 Å². The number of nitrogens with zero attached hydrogens (tertiary/aromatic N) is 4. The highest BCUT2D eigenvalue weighted by Gasteiger charge is 2.10. The Morgan fingerprint density at radius 3 is 2.94 bits per heavy atom. The van der Waals surface area contributed by atoms with Crippen molar-refractivity contribution >= 4 is 0 Å². The van der Waals surface area contributed by atoms with E-state index in [1.807, 2.05) is 10.8 Å². The first-order valence-electron chi connectivity index (χ1n) is 5.49. The third kappa shape index (κ3) is 2.86. The molecule has 1 fully saturated rings. The van der Waals surface area contributed by atoms with Crippen LogP contribution in [-0.4, -0.2) is 47.3 Å². The van der Waals surface area contributed by atoms with Crippen LogP contribution in [0.25, 0.3) is 0 Å². The van der Waals surface area contributed by atoms with Crippen LogP contribution in [0.4, 0.5) is 0 Å². The van der Waals surface area contributed by atoms with Crippen LogP contribution in [0.2, 0.25) is 0 Å². The van der Waals surface area contributed by atoms with Crippen LogP contribution in [0.3, 0.4) is 0 Å². The normalized spacial score (nSPS) is 17.5. The van der Waals surface area contributed by atoms with E-state index in [1.165, 1.54) is 0 Å². The summed E-state index contributed by atoms with van der Waals surface area (Å²) in [6.45, 7) is 5.55. The van der Waals surface area contributed by atoms with Crippen LogP contribution >= 0.6 is 0 Å². The summed E-state index contributed by atoms with van der Waals surface area (Å²) >= 11 is 0. The molecule has 0 radical (unpaired) electrons. The Hall–Kier alpha value is -1.27. The molecule has 0 bridgehead atoms. The van der Waals surface area contributed by atoms with Gasteiger partial charge in [0.25, 0.3) is 0 Å². The Kier molecular flexibility index (Phi) is 4.01. The SMILES string of the molecule is O=NCc1nccn1CCN1CCOCC1. The Bertz CT molecular complexity index is 333. The van der Waals surface area contributed by atoms with Crippen molar-refractivity contribution in [2.75, 3.05) is 32.8 Å². The average molecular weight is 224 g/mol. The molecule has 0 saturated carbocycles. The van der Waals surface area contributed by atoms with Gasteiger partial charge in [-0.05, 0) is 0 Å². The van der Waals surface area contributed by atoms with Gasteiger partial charge in [-0.25, -0.2) is 4.98 Å². The van der Waals surface area contributed by atoms with E-state index in [0.717, 1.165) is 45.2 Å². The molecule has 0 aromatic carbocycles. The van der Waals surface area contributed by atoms with Crippen LogP contribution in [0.15, 0.2) is 17.6 Å². The van der Waals surface area contributed by atoms with E-state index in [2.05, 4.69) is 15.1 Å². The lowest BCUT2D eigenvalue weighted by Gasteiger charge is -2.26. The molecular formula is C10H16N4O2. The fourth-order valence-electron chi connectivity index (χ4n) is 1.83. The first-order valence-corrected chi connectivity index (χ1v) is 5.49. The van der Waals surface area contributed by atoms with Crippen molar-refractivity contribution < 1.29 is 4.74 Å². The number of hydrogen-bond donors (Lipinski definition) is 0. The molecule has 16 heavy (non-hydrogen) atoms. The zero-order valence-electron chi connectivity index (χ0n) is 9.21. The fourth-order valence-corrected chi connectivity index (χ4v) is 1.83. The summed E-state index contributed by atoms with van der Waals surface area (Å²) in [6, 6.07) is 0. The van der Waals surface area contributed by atoms with Crippen molar-refractivity contribution in [1.82, 2.24) is 14.5 Å². The predicted octanol–water partition coefficient (Wildman–Crippen LogP) is 0.482. The third-order valence-electron chi connectivity index (χ3n) is 2.77. The van der Waals surface area contributed by atoms with Gasteiger partial charge in [-0.2, -0.15) is 4.91 Å². The summed E-state index contributed by atoms with van der Waals surface area (Å²) < 4.78 is 7.26. The van der Waals surface area contributed by atoms with E-state index in [4.69, 9.17) is 4.74 Å². The monoisotopic (exact) mass is 224 g/mol. The number of ether oxygens (including phenoxy) is 1. The van der Waals surface area contributed by atoms with Crippen molar-refractivity contribution in [2.45, 2.75) is 13.1 Å². The quantitative estimate of drug-likeness (QED) is 0.683. The largest absolute Gasteiger partial charge is 0.379 e. The second-order valence-electron chi connectivity index (χ2n) is 3.78. The van der Waals surface area contributed by atoms with E-state index in [0.29, 0.717) is 0 Å². The lowest BCUT2D eigenvalue weighted by Crippen LogP contribution is -2.38. The smallest absolute Gasteiger partial charge is 0.139 e. The lowest BCUT2D eigenvalue weighted by molar-refractivity contribution is 0.0363. The van der Waals surface area contributed by atoms with Crippen LogP contribution < -0.4 is 0 Å². The molecule has 0 atom stereocenters. The first kappa shape index (κ1) is 11.2. The van der Waals surface area contributed by atoms with Crippen LogP contribution in [0.1, 0.15) is 5.82 Å². The molecule has 1 aromatic rings. The summed E-state index contributed by atoms with van der Waals surface area (Å²) in [4.78, 5) is 16.6. The molecule has 0 unspecified atom stereocenters. The van der Waals surface area contributed by atoms with E-state index < -0.39 is 0 Å². The maximum Gasteiger partial charge on any atom is 0.139 e. The molecule has 1 aromatic heterocycles. The molecule has 6 nitrogen and oxygen atoms in total. The van der Waals surface area contributed by atoms with E-state index in [1.54, 1.807) is 6.20 Å². The zero-order chi connectivity index (χ0) is 11.2. The molecule has 0 spiro atoms. The highest BCUT2D eigenvalue weighted by atomic mass is 16.5. The van der Waals surface area contributed by atoms with Crippen LogP contribution in [-0.2, 0) is 17.8 Å². The highest BCUT2D eigenvalue weighted by molar-refractivity contribution is 4.92. The third-order valence-corrected chi connectivity index (χ3v) is 2.77. The average Bonchev–Trinajstić information content (AvgIpc) is 2.76. The van der Waals surface area contributed by atoms with Crippen LogP contribution in [0.5, 0.6) is 0 Å². The number of nitroso groups, excluding NO2 is 1. The molecule has 2 heterocycles. The van der Waals surface area contributed by atoms with E-state index >= 15 is 0 Å². The molecule has 0 amide bonds. The predicted molar refractivity (Wildman–Crippen MR) is 59.0 cm³/mol. The van der Waals surface area contributed by atoms with Crippen molar-refractivity contribution in [3.05, 3.63) is 23.1 Å². The lowest BCUT2D eigenvalue weighted by atomic mass is 10.4. The molecule has 6 heteroatoms. The molecule has 0 aliphatic carbocycles. The second-order valence-corrected chi connectivity index (χ2v) is 3.78. The van der Waals surface area contributed by atoms with Gasteiger partial charge < -0.3 is 9.30 Å². The minimum atomic E-state index is 0.149.